The Kier molecular flexibility index (Phi) is 8.33. The van der Waals surface area contributed by atoms with Gasteiger partial charge < -0.3 is 14.8 Å². The topological polar surface area (TPSA) is 106 Å². The molecule has 0 aliphatic carbocycles. The number of anilines is 1. The van der Waals surface area contributed by atoms with Crippen LogP contribution in [0.2, 0.25) is 5.02 Å². The number of rotatable bonds is 8. The van der Waals surface area contributed by atoms with Crippen molar-refractivity contribution in [2.24, 2.45) is 5.92 Å². The van der Waals surface area contributed by atoms with Gasteiger partial charge in [-0.15, -0.1) is 0 Å². The fourth-order valence-electron chi connectivity index (χ4n) is 4.23. The average Bonchev–Trinajstić information content (AvgIpc) is 2.86. The lowest BCUT2D eigenvalue weighted by Crippen LogP contribution is -2.46. The average molecular weight is 526 g/mol. The smallest absolute Gasteiger partial charge is 0.292 e. The predicted octanol–water partition coefficient (Wildman–Crippen LogP) is 2.37. The number of hydrogen-bond donors (Lipinski definition) is 1. The summed E-state index contributed by atoms with van der Waals surface area (Å²) in [5.74, 6) is 1.04. The number of ether oxygens (including phenoxy) is 2. The standard InChI is InChI=1S/C23H32ClN5O5S/c1-27(2)35(31,32)28-11-9-20(10-12-28)34-19-7-5-18(6-8-19)29-23(30)22(24)21(15-26-29)25-14-17-4-3-13-33-16-17/h5-8,15,17,20,25H,3-4,9-14,16H2,1-2H3/t17-/m0/s1. The highest BCUT2D eigenvalue weighted by molar-refractivity contribution is 7.86. The number of halogens is 1. The Hall–Kier alpha value is -2.18. The number of hydrogen-bond acceptors (Lipinski definition) is 7. The van der Waals surface area contributed by atoms with E-state index in [9.17, 15) is 13.2 Å². The molecule has 0 spiro atoms. The molecule has 1 atom stereocenters. The molecule has 1 aromatic heterocycles. The second-order valence-corrected chi connectivity index (χ2v) is 11.6. The van der Waals surface area contributed by atoms with Gasteiger partial charge >= 0.3 is 0 Å². The largest absolute Gasteiger partial charge is 0.490 e. The summed E-state index contributed by atoms with van der Waals surface area (Å²) < 4.78 is 40.0. The van der Waals surface area contributed by atoms with Crippen LogP contribution in [-0.2, 0) is 14.9 Å². The molecular formula is C23H32ClN5O5S. The molecule has 4 rings (SSSR count). The van der Waals surface area contributed by atoms with E-state index in [4.69, 9.17) is 21.1 Å². The first-order valence-corrected chi connectivity index (χ1v) is 13.6. The van der Waals surface area contributed by atoms with Gasteiger partial charge in [0.25, 0.3) is 15.8 Å². The van der Waals surface area contributed by atoms with Crippen molar-refractivity contribution in [3.8, 4) is 11.4 Å². The number of piperidine rings is 1. The third kappa shape index (κ3) is 6.15. The molecule has 10 nitrogen and oxygen atoms in total. The minimum Gasteiger partial charge on any atom is -0.490 e. The van der Waals surface area contributed by atoms with Crippen LogP contribution in [0.25, 0.3) is 5.69 Å². The summed E-state index contributed by atoms with van der Waals surface area (Å²) in [5, 5.41) is 7.60. The van der Waals surface area contributed by atoms with E-state index >= 15 is 0 Å². The molecule has 2 fully saturated rings. The van der Waals surface area contributed by atoms with Crippen LogP contribution in [-0.4, -0.2) is 79.9 Å². The van der Waals surface area contributed by atoms with Crippen LogP contribution in [0.15, 0.2) is 35.3 Å². The van der Waals surface area contributed by atoms with Crippen LogP contribution in [0.4, 0.5) is 5.69 Å². The van der Waals surface area contributed by atoms with E-state index in [1.807, 2.05) is 0 Å². The fourth-order valence-corrected chi connectivity index (χ4v) is 5.56. The highest BCUT2D eigenvalue weighted by Crippen LogP contribution is 2.23. The molecule has 2 aliphatic heterocycles. The highest BCUT2D eigenvalue weighted by atomic mass is 35.5. The van der Waals surface area contributed by atoms with E-state index in [-0.39, 0.29) is 11.1 Å². The molecule has 0 unspecified atom stereocenters. The van der Waals surface area contributed by atoms with Crippen LogP contribution in [0.1, 0.15) is 25.7 Å². The van der Waals surface area contributed by atoms with E-state index in [1.165, 1.54) is 27.4 Å². The molecule has 192 valence electrons. The molecule has 0 bridgehead atoms. The van der Waals surface area contributed by atoms with Gasteiger partial charge in [0.1, 0.15) is 16.9 Å². The van der Waals surface area contributed by atoms with Gasteiger partial charge in [-0.05, 0) is 55.9 Å². The molecule has 35 heavy (non-hydrogen) atoms. The summed E-state index contributed by atoms with van der Waals surface area (Å²) in [5.41, 5.74) is 0.684. The van der Waals surface area contributed by atoms with Crippen molar-refractivity contribution >= 4 is 27.5 Å². The first-order chi connectivity index (χ1) is 16.8. The van der Waals surface area contributed by atoms with Gasteiger partial charge in [0.2, 0.25) is 0 Å². The number of benzene rings is 1. The quantitative estimate of drug-likeness (QED) is 0.564. The number of nitrogens with zero attached hydrogens (tertiary/aromatic N) is 4. The zero-order valence-corrected chi connectivity index (χ0v) is 21.6. The van der Waals surface area contributed by atoms with Crippen LogP contribution < -0.4 is 15.6 Å². The Morgan fingerprint density at radius 1 is 1.20 bits per heavy atom. The molecule has 0 radical (unpaired) electrons. The van der Waals surface area contributed by atoms with Gasteiger partial charge in [-0.1, -0.05) is 11.6 Å². The summed E-state index contributed by atoms with van der Waals surface area (Å²) in [4.78, 5) is 12.8. The molecule has 2 aromatic rings. The van der Waals surface area contributed by atoms with Crippen molar-refractivity contribution < 1.29 is 17.9 Å². The van der Waals surface area contributed by atoms with E-state index in [1.54, 1.807) is 30.5 Å². The Balaban J connectivity index is 1.35. The SMILES string of the molecule is CN(C)S(=O)(=O)N1CCC(Oc2ccc(-n3ncc(NC[C@@H]4CCCOC4)c(Cl)c3=O)cc2)CC1. The second-order valence-electron chi connectivity index (χ2n) is 9.05. The Morgan fingerprint density at radius 3 is 2.54 bits per heavy atom. The zero-order chi connectivity index (χ0) is 25.0. The molecule has 3 heterocycles. The van der Waals surface area contributed by atoms with Gasteiger partial charge in [0.15, 0.2) is 0 Å². The minimum atomic E-state index is -3.40. The molecule has 1 aromatic carbocycles. The molecule has 0 amide bonds. The van der Waals surface area contributed by atoms with Gasteiger partial charge in [-0.25, -0.2) is 0 Å². The van der Waals surface area contributed by atoms with Crippen molar-refractivity contribution in [1.29, 1.82) is 0 Å². The molecule has 0 saturated carbocycles. The summed E-state index contributed by atoms with van der Waals surface area (Å²) in [7, 11) is -0.339. The van der Waals surface area contributed by atoms with Gasteiger partial charge in [-0.3, -0.25) is 4.79 Å². The van der Waals surface area contributed by atoms with Crippen LogP contribution in [0.5, 0.6) is 5.75 Å². The lowest BCUT2D eigenvalue weighted by atomic mass is 10.0. The molecule has 2 aliphatic rings. The summed E-state index contributed by atoms with van der Waals surface area (Å²) in [6.45, 7) is 3.01. The highest BCUT2D eigenvalue weighted by Gasteiger charge is 2.30. The van der Waals surface area contributed by atoms with Crippen molar-refractivity contribution in [3.05, 3.63) is 45.8 Å². The maximum atomic E-state index is 12.8. The van der Waals surface area contributed by atoms with Crippen LogP contribution >= 0.6 is 11.6 Å². The second kappa shape index (κ2) is 11.3. The van der Waals surface area contributed by atoms with Gasteiger partial charge in [-0.2, -0.15) is 26.8 Å². The molecule has 1 N–H and O–H groups in total. The van der Waals surface area contributed by atoms with Crippen molar-refractivity contribution in [2.75, 3.05) is 52.3 Å². The zero-order valence-electron chi connectivity index (χ0n) is 20.0. The van der Waals surface area contributed by atoms with Crippen LogP contribution in [0.3, 0.4) is 0 Å². The maximum Gasteiger partial charge on any atom is 0.292 e. The van der Waals surface area contributed by atoms with E-state index in [0.29, 0.717) is 62.1 Å². The lowest BCUT2D eigenvalue weighted by Gasteiger charge is -2.32. The Morgan fingerprint density at radius 2 is 1.91 bits per heavy atom. The van der Waals surface area contributed by atoms with Crippen molar-refractivity contribution in [2.45, 2.75) is 31.8 Å². The summed E-state index contributed by atoms with van der Waals surface area (Å²) >= 11 is 6.35. The maximum absolute atomic E-state index is 12.8. The lowest BCUT2D eigenvalue weighted by molar-refractivity contribution is 0.0595. The van der Waals surface area contributed by atoms with Crippen molar-refractivity contribution in [1.82, 2.24) is 18.4 Å². The normalized spacial score (nSPS) is 20.2. The van der Waals surface area contributed by atoms with Crippen LogP contribution in [0, 0.1) is 5.92 Å². The Bertz CT molecular complexity index is 1160. The predicted molar refractivity (Wildman–Crippen MR) is 135 cm³/mol. The third-order valence-corrected chi connectivity index (χ3v) is 8.63. The minimum absolute atomic E-state index is 0.0790. The molecule has 12 heteroatoms. The van der Waals surface area contributed by atoms with E-state index in [2.05, 4.69) is 10.4 Å². The fraction of sp³-hybridized carbons (Fsp3) is 0.565. The summed E-state index contributed by atoms with van der Waals surface area (Å²) in [6, 6.07) is 7.04. The van der Waals surface area contributed by atoms with Crippen molar-refractivity contribution in [3.63, 3.8) is 0 Å². The number of nitrogens with one attached hydrogen (secondary N) is 1. The number of aromatic nitrogens is 2. The van der Waals surface area contributed by atoms with Gasteiger partial charge in [0.05, 0.1) is 24.2 Å². The first kappa shape index (κ1) is 25.9. The van der Waals surface area contributed by atoms with E-state index < -0.39 is 15.8 Å². The Labute approximate surface area is 210 Å². The van der Waals surface area contributed by atoms with E-state index in [0.717, 1.165) is 19.4 Å². The summed E-state index contributed by atoms with van der Waals surface area (Å²) in [6.07, 6.45) is 4.81. The molecular weight excluding hydrogens is 494 g/mol. The third-order valence-electron chi connectivity index (χ3n) is 6.33. The molecule has 2 saturated heterocycles. The van der Waals surface area contributed by atoms with Gasteiger partial charge in [0, 0.05) is 40.3 Å². The monoisotopic (exact) mass is 525 g/mol. The first-order valence-electron chi connectivity index (χ1n) is 11.8.